The zero-order chi connectivity index (χ0) is 20.2. The molecule has 0 saturated carbocycles. The zero-order valence-electron chi connectivity index (χ0n) is 14.3. The lowest BCUT2D eigenvalue weighted by Crippen LogP contribution is -2.25. The summed E-state index contributed by atoms with van der Waals surface area (Å²) in [5.41, 5.74) is -0.658. The van der Waals surface area contributed by atoms with Gasteiger partial charge >= 0.3 is 6.18 Å². The van der Waals surface area contributed by atoms with Crippen molar-refractivity contribution in [3.8, 4) is 0 Å². The van der Waals surface area contributed by atoms with Crippen molar-refractivity contribution in [2.45, 2.75) is 26.1 Å². The van der Waals surface area contributed by atoms with E-state index in [4.69, 9.17) is 34.8 Å². The third-order valence-electron chi connectivity index (χ3n) is 3.50. The fraction of sp³-hybridized carbons (Fsp3) is 0.353. The first-order valence-electron chi connectivity index (χ1n) is 7.97. The van der Waals surface area contributed by atoms with Gasteiger partial charge in [-0.15, -0.1) is 6.58 Å². The molecule has 27 heavy (non-hydrogen) atoms. The number of alkyl halides is 3. The van der Waals surface area contributed by atoms with E-state index in [0.29, 0.717) is 18.1 Å². The summed E-state index contributed by atoms with van der Waals surface area (Å²) in [6.07, 6.45) is -2.09. The summed E-state index contributed by atoms with van der Waals surface area (Å²) in [5, 5.41) is 3.55. The Hall–Kier alpha value is -0.990. The second kappa shape index (κ2) is 9.47. The maximum atomic E-state index is 13.4. The minimum Gasteiger partial charge on any atom is -0.329 e. The van der Waals surface area contributed by atoms with Gasteiger partial charge in [0.15, 0.2) is 10.8 Å². The number of rotatable bonds is 8. The van der Waals surface area contributed by atoms with E-state index in [0.717, 1.165) is 17.8 Å². The Balaban J connectivity index is 2.37. The van der Waals surface area contributed by atoms with Crippen LogP contribution in [0, 0.1) is 0 Å². The number of nitrogens with one attached hydrogen (secondary N) is 1. The third-order valence-corrected chi connectivity index (χ3v) is 5.27. The van der Waals surface area contributed by atoms with Crippen molar-refractivity contribution in [1.82, 2.24) is 9.88 Å². The predicted octanol–water partition coefficient (Wildman–Crippen LogP) is 7.26. The van der Waals surface area contributed by atoms with Gasteiger partial charge in [0.1, 0.15) is 0 Å². The van der Waals surface area contributed by atoms with Crippen molar-refractivity contribution < 1.29 is 13.2 Å². The molecule has 0 unspecified atom stereocenters. The number of halogens is 6. The van der Waals surface area contributed by atoms with Crippen LogP contribution in [0.2, 0.25) is 15.1 Å². The summed E-state index contributed by atoms with van der Waals surface area (Å²) in [4.78, 5) is 5.72. The van der Waals surface area contributed by atoms with Crippen molar-refractivity contribution >= 4 is 57.0 Å². The minimum absolute atomic E-state index is 0.0542. The topological polar surface area (TPSA) is 28.2 Å². The number of hydrogen-bond donors (Lipinski definition) is 1. The quantitative estimate of drug-likeness (QED) is 0.422. The van der Waals surface area contributed by atoms with Crippen LogP contribution in [0.15, 0.2) is 24.8 Å². The van der Waals surface area contributed by atoms with Gasteiger partial charge in [-0.2, -0.15) is 13.2 Å². The van der Waals surface area contributed by atoms with Crippen LogP contribution in [0.5, 0.6) is 0 Å². The van der Waals surface area contributed by atoms with Crippen molar-refractivity contribution in [2.24, 2.45) is 0 Å². The molecule has 3 nitrogen and oxygen atoms in total. The van der Waals surface area contributed by atoms with Gasteiger partial charge in [-0.3, -0.25) is 4.90 Å². The van der Waals surface area contributed by atoms with Gasteiger partial charge in [0.2, 0.25) is 0 Å². The molecular weight excluding hydrogens is 442 g/mol. The predicted molar refractivity (Wildman–Crippen MR) is 108 cm³/mol. The Morgan fingerprint density at radius 3 is 2.41 bits per heavy atom. The number of thiazole rings is 1. The van der Waals surface area contributed by atoms with E-state index in [1.54, 1.807) is 6.08 Å². The molecule has 0 saturated heterocycles. The Kier molecular flexibility index (Phi) is 7.83. The lowest BCUT2D eigenvalue weighted by molar-refractivity contribution is -0.141. The first-order chi connectivity index (χ1) is 12.7. The monoisotopic (exact) mass is 457 g/mol. The summed E-state index contributed by atoms with van der Waals surface area (Å²) in [6, 6.07) is 2.90. The third kappa shape index (κ3) is 5.99. The Labute approximate surface area is 174 Å². The van der Waals surface area contributed by atoms with E-state index in [2.05, 4.69) is 16.9 Å². The summed E-state index contributed by atoms with van der Waals surface area (Å²) in [7, 11) is 0. The Morgan fingerprint density at radius 2 is 1.89 bits per heavy atom. The molecule has 0 atom stereocenters. The maximum Gasteiger partial charge on any atom is 0.434 e. The lowest BCUT2D eigenvalue weighted by Gasteiger charge is -2.19. The van der Waals surface area contributed by atoms with Crippen molar-refractivity contribution in [3.05, 3.63) is 50.4 Å². The van der Waals surface area contributed by atoms with Crippen molar-refractivity contribution in [2.75, 3.05) is 18.4 Å². The highest BCUT2D eigenvalue weighted by Crippen LogP contribution is 2.40. The highest BCUT2D eigenvalue weighted by Gasteiger charge is 2.38. The summed E-state index contributed by atoms with van der Waals surface area (Å²) >= 11 is 19.0. The lowest BCUT2D eigenvalue weighted by atomic mass is 10.3. The molecule has 0 bridgehead atoms. The molecule has 0 fully saturated rings. The van der Waals surface area contributed by atoms with Crippen LogP contribution in [0.4, 0.5) is 24.0 Å². The van der Waals surface area contributed by atoms with Crippen molar-refractivity contribution in [1.29, 1.82) is 0 Å². The average molecular weight is 459 g/mol. The molecule has 0 aliphatic carbocycles. The van der Waals surface area contributed by atoms with Crippen LogP contribution >= 0.6 is 46.1 Å². The smallest absolute Gasteiger partial charge is 0.329 e. The van der Waals surface area contributed by atoms with Crippen molar-refractivity contribution in [3.63, 3.8) is 0 Å². The van der Waals surface area contributed by atoms with Crippen LogP contribution < -0.4 is 5.32 Å². The second-order valence-electron chi connectivity index (χ2n) is 5.68. The second-order valence-corrected chi connectivity index (χ2v) is 8.02. The number of benzene rings is 1. The van der Waals surface area contributed by atoms with Gasteiger partial charge in [0.25, 0.3) is 0 Å². The van der Waals surface area contributed by atoms with Crippen LogP contribution in [0.1, 0.15) is 23.9 Å². The molecule has 1 aromatic carbocycles. The van der Waals surface area contributed by atoms with Crippen LogP contribution in [-0.2, 0) is 12.7 Å². The highest BCUT2D eigenvalue weighted by molar-refractivity contribution is 7.15. The molecule has 2 rings (SSSR count). The van der Waals surface area contributed by atoms with Gasteiger partial charge in [0, 0.05) is 18.1 Å². The molecule has 0 aliphatic heterocycles. The van der Waals surface area contributed by atoms with Gasteiger partial charge in [-0.1, -0.05) is 59.1 Å². The number of hydrogen-bond acceptors (Lipinski definition) is 4. The summed E-state index contributed by atoms with van der Waals surface area (Å²) in [5.74, 6) is 0. The first-order valence-corrected chi connectivity index (χ1v) is 9.92. The molecule has 0 radical (unpaired) electrons. The van der Waals surface area contributed by atoms with E-state index in [9.17, 15) is 13.2 Å². The molecule has 1 heterocycles. The summed E-state index contributed by atoms with van der Waals surface area (Å²) in [6.45, 7) is 6.88. The standard InChI is InChI=1S/C17H17Cl3F3N3S/c1-3-5-26(6-4-2)9-13-15(17(21,22)23)25-16(27-13)24-14-11(19)7-10(18)8-12(14)20/h3,7-8H,1,4-6,9H2,2H3,(H,24,25). The van der Waals surface area contributed by atoms with Gasteiger partial charge in [-0.05, 0) is 25.1 Å². The van der Waals surface area contributed by atoms with E-state index < -0.39 is 11.9 Å². The summed E-state index contributed by atoms with van der Waals surface area (Å²) < 4.78 is 40.3. The number of nitrogens with zero attached hydrogens (tertiary/aromatic N) is 2. The SMILES string of the molecule is C=CCN(CCC)Cc1sc(Nc2c(Cl)cc(Cl)cc2Cl)nc1C(F)(F)F. The van der Waals surface area contributed by atoms with Gasteiger partial charge in [-0.25, -0.2) is 4.98 Å². The molecular formula is C17H17Cl3F3N3S. The number of anilines is 2. The van der Waals surface area contributed by atoms with Crippen LogP contribution in [0.3, 0.4) is 0 Å². The first kappa shape index (κ1) is 22.3. The average Bonchev–Trinajstić information content (AvgIpc) is 2.94. The van der Waals surface area contributed by atoms with E-state index >= 15 is 0 Å². The molecule has 10 heteroatoms. The number of aromatic nitrogens is 1. The molecule has 0 spiro atoms. The van der Waals surface area contributed by atoms with Crippen LogP contribution in [-0.4, -0.2) is 23.0 Å². The van der Waals surface area contributed by atoms with Crippen LogP contribution in [0.25, 0.3) is 0 Å². The van der Waals surface area contributed by atoms with Gasteiger partial charge in [0.05, 0.1) is 20.6 Å². The van der Waals surface area contributed by atoms with E-state index in [1.807, 2.05) is 11.8 Å². The Morgan fingerprint density at radius 1 is 1.26 bits per heavy atom. The van der Waals surface area contributed by atoms with E-state index in [1.165, 1.54) is 12.1 Å². The fourth-order valence-corrected chi connectivity index (χ4v) is 4.38. The molecule has 2 aromatic rings. The molecule has 1 N–H and O–H groups in total. The normalized spacial score (nSPS) is 11.9. The minimum atomic E-state index is -4.56. The maximum absolute atomic E-state index is 13.4. The molecule has 0 aliphatic rings. The highest BCUT2D eigenvalue weighted by atomic mass is 35.5. The molecule has 1 aromatic heterocycles. The molecule has 148 valence electrons. The fourth-order valence-electron chi connectivity index (χ4n) is 2.44. The van der Waals surface area contributed by atoms with Gasteiger partial charge < -0.3 is 5.32 Å². The largest absolute Gasteiger partial charge is 0.434 e. The Bertz CT molecular complexity index is 785. The zero-order valence-corrected chi connectivity index (χ0v) is 17.4. The van der Waals surface area contributed by atoms with E-state index in [-0.39, 0.29) is 32.3 Å². The molecule has 0 amide bonds.